The Kier molecular flexibility index (Phi) is 5.19. The van der Waals surface area contributed by atoms with Crippen molar-refractivity contribution in [2.75, 3.05) is 36.9 Å². The van der Waals surface area contributed by atoms with E-state index in [-0.39, 0.29) is 12.1 Å². The first kappa shape index (κ1) is 17.6. The number of likely N-dealkylation sites (tertiary alicyclic amines) is 1. The van der Waals surface area contributed by atoms with Crippen molar-refractivity contribution in [1.82, 2.24) is 14.9 Å². The molecule has 0 unspecified atom stereocenters. The van der Waals surface area contributed by atoms with Crippen molar-refractivity contribution in [2.24, 2.45) is 0 Å². The van der Waals surface area contributed by atoms with E-state index in [1.807, 2.05) is 39.6 Å². The van der Waals surface area contributed by atoms with Gasteiger partial charge in [-0.15, -0.1) is 0 Å². The van der Waals surface area contributed by atoms with Gasteiger partial charge in [0.25, 0.3) is 0 Å². The van der Waals surface area contributed by atoms with Gasteiger partial charge in [0.1, 0.15) is 16.6 Å². The number of ether oxygens (including phenoxy) is 1. The molecule has 23 heavy (non-hydrogen) atoms. The lowest BCUT2D eigenvalue weighted by Gasteiger charge is -2.40. The molecule has 1 saturated heterocycles. The zero-order valence-electron chi connectivity index (χ0n) is 14.3. The van der Waals surface area contributed by atoms with Crippen molar-refractivity contribution < 1.29 is 9.53 Å². The number of carbonyl (C=O) groups is 1. The first-order valence-corrected chi connectivity index (χ1v) is 8.06. The summed E-state index contributed by atoms with van der Waals surface area (Å²) in [6.45, 7) is 9.54. The van der Waals surface area contributed by atoms with Crippen molar-refractivity contribution in [3.8, 4) is 0 Å². The van der Waals surface area contributed by atoms with E-state index >= 15 is 0 Å². The van der Waals surface area contributed by atoms with Gasteiger partial charge in [0, 0.05) is 32.7 Å². The third-order valence-electron chi connectivity index (χ3n) is 3.41. The second-order valence-corrected chi connectivity index (χ2v) is 7.00. The molecular weight excluding hydrogens is 318 g/mol. The van der Waals surface area contributed by atoms with E-state index < -0.39 is 5.60 Å². The van der Waals surface area contributed by atoms with Crippen LogP contribution in [0.3, 0.4) is 0 Å². The van der Waals surface area contributed by atoms with Crippen molar-refractivity contribution >= 4 is 29.5 Å². The maximum absolute atomic E-state index is 11.9. The lowest BCUT2D eigenvalue weighted by atomic mass is 10.1. The third-order valence-corrected chi connectivity index (χ3v) is 3.61. The van der Waals surface area contributed by atoms with Crippen LogP contribution in [-0.2, 0) is 4.74 Å². The largest absolute Gasteiger partial charge is 0.444 e. The van der Waals surface area contributed by atoms with Crippen LogP contribution in [0.5, 0.6) is 0 Å². The fraction of sp³-hybridized carbons (Fsp3) is 0.667. The summed E-state index contributed by atoms with van der Waals surface area (Å²) in [7, 11) is 1.94. The lowest BCUT2D eigenvalue weighted by molar-refractivity contribution is 0.0104. The summed E-state index contributed by atoms with van der Waals surface area (Å²) in [4.78, 5) is 24.1. The molecule has 0 aromatic carbocycles. The highest BCUT2D eigenvalue weighted by molar-refractivity contribution is 6.29. The summed E-state index contributed by atoms with van der Waals surface area (Å²) in [5.41, 5.74) is -0.481. The summed E-state index contributed by atoms with van der Waals surface area (Å²) in [5.74, 6) is 1.24. The Hall–Kier alpha value is -1.76. The van der Waals surface area contributed by atoms with E-state index in [0.717, 1.165) is 12.4 Å². The zero-order chi connectivity index (χ0) is 17.2. The van der Waals surface area contributed by atoms with E-state index in [0.29, 0.717) is 24.2 Å². The highest BCUT2D eigenvalue weighted by Crippen LogP contribution is 2.20. The molecule has 1 aliphatic heterocycles. The summed E-state index contributed by atoms with van der Waals surface area (Å²) >= 11 is 6.05. The van der Waals surface area contributed by atoms with Crippen LogP contribution in [0.1, 0.15) is 27.7 Å². The molecule has 0 radical (unpaired) electrons. The van der Waals surface area contributed by atoms with Gasteiger partial charge in [-0.25, -0.2) is 9.78 Å². The van der Waals surface area contributed by atoms with Gasteiger partial charge in [-0.1, -0.05) is 11.6 Å². The highest BCUT2D eigenvalue weighted by atomic mass is 35.5. The molecule has 1 N–H and O–H groups in total. The molecule has 1 aromatic rings. The van der Waals surface area contributed by atoms with Crippen molar-refractivity contribution in [1.29, 1.82) is 0 Å². The Labute approximate surface area is 142 Å². The number of anilines is 2. The van der Waals surface area contributed by atoms with Gasteiger partial charge in [0.05, 0.1) is 6.04 Å². The molecule has 128 valence electrons. The topological polar surface area (TPSA) is 70.6 Å². The zero-order valence-corrected chi connectivity index (χ0v) is 15.0. The Bertz CT molecular complexity index is 569. The van der Waals surface area contributed by atoms with Gasteiger partial charge in [0.2, 0.25) is 5.95 Å². The molecule has 8 heteroatoms. The Morgan fingerprint density at radius 2 is 2.13 bits per heavy atom. The van der Waals surface area contributed by atoms with Crippen LogP contribution >= 0.6 is 11.6 Å². The maximum atomic E-state index is 11.9. The number of halogens is 1. The minimum Gasteiger partial charge on any atom is -0.444 e. The summed E-state index contributed by atoms with van der Waals surface area (Å²) in [5, 5.41) is 3.59. The molecule has 1 fully saturated rings. The molecule has 1 aliphatic rings. The fourth-order valence-electron chi connectivity index (χ4n) is 2.06. The predicted molar refractivity (Wildman–Crippen MR) is 91.2 cm³/mol. The number of aromatic nitrogens is 2. The van der Waals surface area contributed by atoms with E-state index in [9.17, 15) is 4.79 Å². The Morgan fingerprint density at radius 1 is 1.48 bits per heavy atom. The molecule has 1 amide bonds. The number of carbonyl (C=O) groups excluding carboxylic acids is 1. The molecule has 2 heterocycles. The minimum atomic E-state index is -0.481. The van der Waals surface area contributed by atoms with Gasteiger partial charge in [-0.05, 0) is 27.7 Å². The standard InChI is InChI=1S/C15H24ClN5O2/c1-6-20(5)12-7-11(16)18-13(19-12)17-10-8-21(9-10)14(22)23-15(2,3)4/h7,10H,6,8-9H2,1-5H3,(H,17,18,19). The molecular formula is C15H24ClN5O2. The predicted octanol–water partition coefficient (Wildman–Crippen LogP) is 2.62. The number of rotatable bonds is 4. The van der Waals surface area contributed by atoms with Crippen LogP contribution in [-0.4, -0.2) is 59.3 Å². The molecule has 0 bridgehead atoms. The van der Waals surface area contributed by atoms with E-state index in [2.05, 4.69) is 15.3 Å². The lowest BCUT2D eigenvalue weighted by Crippen LogP contribution is -2.58. The van der Waals surface area contributed by atoms with Gasteiger partial charge >= 0.3 is 6.09 Å². The number of nitrogens with zero attached hydrogens (tertiary/aromatic N) is 4. The van der Waals surface area contributed by atoms with Gasteiger partial charge in [0.15, 0.2) is 0 Å². The van der Waals surface area contributed by atoms with E-state index in [1.165, 1.54) is 0 Å². The maximum Gasteiger partial charge on any atom is 0.410 e. The second kappa shape index (κ2) is 6.78. The average molecular weight is 342 g/mol. The summed E-state index contributed by atoms with van der Waals surface area (Å²) in [6, 6.07) is 1.82. The quantitative estimate of drug-likeness (QED) is 0.849. The van der Waals surface area contributed by atoms with Crippen LogP contribution in [0, 0.1) is 0 Å². The number of nitrogens with one attached hydrogen (secondary N) is 1. The van der Waals surface area contributed by atoms with Crippen molar-refractivity contribution in [3.05, 3.63) is 11.2 Å². The molecule has 2 rings (SSSR count). The average Bonchev–Trinajstić information content (AvgIpc) is 2.38. The number of hydrogen-bond acceptors (Lipinski definition) is 6. The summed E-state index contributed by atoms with van der Waals surface area (Å²) < 4.78 is 5.32. The Morgan fingerprint density at radius 3 is 2.70 bits per heavy atom. The minimum absolute atomic E-state index is 0.0979. The molecule has 0 atom stereocenters. The van der Waals surface area contributed by atoms with Gasteiger partial charge in [-0.3, -0.25) is 0 Å². The third kappa shape index (κ3) is 4.86. The van der Waals surface area contributed by atoms with Crippen LogP contribution in [0.4, 0.5) is 16.6 Å². The number of hydrogen-bond donors (Lipinski definition) is 1. The molecule has 0 aliphatic carbocycles. The molecule has 0 saturated carbocycles. The van der Waals surface area contributed by atoms with E-state index in [4.69, 9.17) is 16.3 Å². The molecule has 0 spiro atoms. The Balaban J connectivity index is 1.90. The second-order valence-electron chi connectivity index (χ2n) is 6.61. The van der Waals surface area contributed by atoms with Crippen LogP contribution in [0.15, 0.2) is 6.07 Å². The normalized spacial score (nSPS) is 15.1. The van der Waals surface area contributed by atoms with Crippen molar-refractivity contribution in [2.45, 2.75) is 39.3 Å². The van der Waals surface area contributed by atoms with E-state index in [1.54, 1.807) is 11.0 Å². The fourth-order valence-corrected chi connectivity index (χ4v) is 2.23. The summed E-state index contributed by atoms with van der Waals surface area (Å²) in [6.07, 6.45) is -0.297. The SMILES string of the molecule is CCN(C)c1cc(Cl)nc(NC2CN(C(=O)OC(C)(C)C)C2)n1. The van der Waals surface area contributed by atoms with Crippen LogP contribution < -0.4 is 10.2 Å². The van der Waals surface area contributed by atoms with Crippen LogP contribution in [0.2, 0.25) is 5.15 Å². The molecule has 1 aromatic heterocycles. The van der Waals surface area contributed by atoms with Gasteiger partial charge < -0.3 is 19.9 Å². The van der Waals surface area contributed by atoms with Crippen LogP contribution in [0.25, 0.3) is 0 Å². The first-order valence-electron chi connectivity index (χ1n) is 7.68. The monoisotopic (exact) mass is 341 g/mol. The highest BCUT2D eigenvalue weighted by Gasteiger charge is 2.34. The first-order chi connectivity index (χ1) is 10.7. The smallest absolute Gasteiger partial charge is 0.410 e. The van der Waals surface area contributed by atoms with Crippen molar-refractivity contribution in [3.63, 3.8) is 0 Å². The molecule has 7 nitrogen and oxygen atoms in total. The number of amides is 1. The van der Waals surface area contributed by atoms with Gasteiger partial charge in [-0.2, -0.15) is 4.98 Å².